The number of aryl methyl sites for hydroxylation is 2. The van der Waals surface area contributed by atoms with Crippen molar-refractivity contribution in [1.29, 1.82) is 0 Å². The van der Waals surface area contributed by atoms with E-state index in [4.69, 9.17) is 16.3 Å². The lowest BCUT2D eigenvalue weighted by molar-refractivity contribution is -0.0901. The quantitative estimate of drug-likeness (QED) is 0.753. The molecule has 0 radical (unpaired) electrons. The maximum Gasteiger partial charge on any atom is 0.0856 e. The Morgan fingerprint density at radius 2 is 2.00 bits per heavy atom. The monoisotopic (exact) mass is 394 g/mol. The Kier molecular flexibility index (Phi) is 6.41. The fraction of sp³-hybridized carbons (Fsp3) is 0.524. The lowest BCUT2D eigenvalue weighted by atomic mass is 9.91. The van der Waals surface area contributed by atoms with Crippen LogP contribution in [0.1, 0.15) is 64.8 Å². The summed E-state index contributed by atoms with van der Waals surface area (Å²) in [6.45, 7) is 6.22. The SMILES string of the molecule is CCc1sc(Cc2cc(C3CC(O)CC(C)O3)c(CO)cc2Cl)cc1C. The Balaban J connectivity index is 1.93. The zero-order chi connectivity index (χ0) is 18.8. The van der Waals surface area contributed by atoms with Crippen LogP contribution in [-0.2, 0) is 24.2 Å². The van der Waals surface area contributed by atoms with Crippen LogP contribution >= 0.6 is 22.9 Å². The lowest BCUT2D eigenvalue weighted by Crippen LogP contribution is -2.30. The normalized spacial score (nSPS) is 23.4. The van der Waals surface area contributed by atoms with E-state index >= 15 is 0 Å². The first kappa shape index (κ1) is 19.8. The first-order chi connectivity index (χ1) is 12.4. The summed E-state index contributed by atoms with van der Waals surface area (Å²) >= 11 is 8.35. The summed E-state index contributed by atoms with van der Waals surface area (Å²) < 4.78 is 6.06. The van der Waals surface area contributed by atoms with Crippen molar-refractivity contribution in [2.24, 2.45) is 0 Å². The van der Waals surface area contributed by atoms with Gasteiger partial charge in [0.2, 0.25) is 0 Å². The van der Waals surface area contributed by atoms with Gasteiger partial charge in [-0.05, 0) is 61.1 Å². The average molecular weight is 395 g/mol. The van der Waals surface area contributed by atoms with E-state index in [0.29, 0.717) is 17.9 Å². The van der Waals surface area contributed by atoms with Crippen LogP contribution < -0.4 is 0 Å². The third-order valence-electron chi connectivity index (χ3n) is 5.07. The molecular weight excluding hydrogens is 368 g/mol. The van der Waals surface area contributed by atoms with Crippen molar-refractivity contribution in [2.45, 2.75) is 71.4 Å². The number of aliphatic hydroxyl groups excluding tert-OH is 2. The van der Waals surface area contributed by atoms with E-state index in [1.807, 2.05) is 24.3 Å². The van der Waals surface area contributed by atoms with Crippen molar-refractivity contribution < 1.29 is 14.9 Å². The highest BCUT2D eigenvalue weighted by Crippen LogP contribution is 2.37. The van der Waals surface area contributed by atoms with Gasteiger partial charge in [0, 0.05) is 27.6 Å². The molecule has 1 saturated heterocycles. The van der Waals surface area contributed by atoms with E-state index in [1.54, 1.807) is 0 Å². The molecule has 1 aromatic carbocycles. The molecule has 1 aliphatic rings. The number of benzene rings is 1. The van der Waals surface area contributed by atoms with Crippen molar-refractivity contribution in [3.63, 3.8) is 0 Å². The number of thiophene rings is 1. The largest absolute Gasteiger partial charge is 0.393 e. The van der Waals surface area contributed by atoms with Crippen molar-refractivity contribution in [3.05, 3.63) is 55.2 Å². The second-order valence-corrected chi connectivity index (χ2v) is 8.84. The topological polar surface area (TPSA) is 49.7 Å². The Labute approximate surface area is 164 Å². The lowest BCUT2D eigenvalue weighted by Gasteiger charge is -2.33. The Morgan fingerprint density at radius 3 is 2.62 bits per heavy atom. The minimum Gasteiger partial charge on any atom is -0.393 e. The molecular formula is C21H27ClO3S. The van der Waals surface area contributed by atoms with Gasteiger partial charge in [0.1, 0.15) is 0 Å². The van der Waals surface area contributed by atoms with Gasteiger partial charge in [0.15, 0.2) is 0 Å². The zero-order valence-corrected chi connectivity index (χ0v) is 17.2. The molecule has 3 nitrogen and oxygen atoms in total. The molecule has 142 valence electrons. The van der Waals surface area contributed by atoms with Gasteiger partial charge < -0.3 is 14.9 Å². The van der Waals surface area contributed by atoms with Crippen LogP contribution in [-0.4, -0.2) is 22.4 Å². The molecule has 2 heterocycles. The molecule has 2 N–H and O–H groups in total. The Bertz CT molecular complexity index is 761. The molecule has 3 rings (SSSR count). The second kappa shape index (κ2) is 8.41. The predicted molar refractivity (Wildman–Crippen MR) is 107 cm³/mol. The highest BCUT2D eigenvalue weighted by Gasteiger charge is 2.29. The number of ether oxygens (including phenoxy) is 1. The molecule has 0 amide bonds. The Morgan fingerprint density at radius 1 is 1.23 bits per heavy atom. The number of hydrogen-bond donors (Lipinski definition) is 2. The first-order valence-corrected chi connectivity index (χ1v) is 10.4. The van der Waals surface area contributed by atoms with E-state index in [2.05, 4.69) is 26.0 Å². The Hall–Kier alpha value is -0.910. The first-order valence-electron chi connectivity index (χ1n) is 9.25. The van der Waals surface area contributed by atoms with E-state index in [-0.39, 0.29) is 24.9 Å². The van der Waals surface area contributed by atoms with Crippen LogP contribution in [0, 0.1) is 6.92 Å². The summed E-state index contributed by atoms with van der Waals surface area (Å²) in [6.07, 6.45) is 2.44. The molecule has 3 unspecified atom stereocenters. The highest BCUT2D eigenvalue weighted by molar-refractivity contribution is 7.12. The summed E-state index contributed by atoms with van der Waals surface area (Å²) in [6, 6.07) is 6.15. The molecule has 3 atom stereocenters. The maximum atomic E-state index is 10.1. The number of rotatable bonds is 5. The molecule has 26 heavy (non-hydrogen) atoms. The summed E-state index contributed by atoms with van der Waals surface area (Å²) in [5, 5.41) is 20.6. The highest BCUT2D eigenvalue weighted by atomic mass is 35.5. The molecule has 0 bridgehead atoms. The second-order valence-electron chi connectivity index (χ2n) is 7.21. The minimum atomic E-state index is -0.374. The summed E-state index contributed by atoms with van der Waals surface area (Å²) in [4.78, 5) is 2.71. The van der Waals surface area contributed by atoms with Gasteiger partial charge in [0.05, 0.1) is 24.9 Å². The molecule has 1 aromatic heterocycles. The van der Waals surface area contributed by atoms with Crippen molar-refractivity contribution >= 4 is 22.9 Å². The number of aliphatic hydroxyl groups is 2. The third kappa shape index (κ3) is 4.32. The molecule has 0 aliphatic carbocycles. The van der Waals surface area contributed by atoms with Crippen molar-refractivity contribution in [1.82, 2.24) is 0 Å². The van der Waals surface area contributed by atoms with Crippen LogP contribution in [0.5, 0.6) is 0 Å². The minimum absolute atomic E-state index is 0.00137. The van der Waals surface area contributed by atoms with Gasteiger partial charge in [-0.1, -0.05) is 24.6 Å². The molecule has 1 fully saturated rings. The van der Waals surface area contributed by atoms with Crippen LogP contribution in [0.3, 0.4) is 0 Å². The third-order valence-corrected chi connectivity index (χ3v) is 6.80. The number of halogens is 1. The predicted octanol–water partition coefficient (Wildman–Crippen LogP) is 4.96. The number of hydrogen-bond acceptors (Lipinski definition) is 4. The van der Waals surface area contributed by atoms with Gasteiger partial charge in [-0.3, -0.25) is 0 Å². The van der Waals surface area contributed by atoms with Crippen LogP contribution in [0.15, 0.2) is 18.2 Å². The summed E-state index contributed by atoms with van der Waals surface area (Å²) in [5.74, 6) is 0. The molecule has 2 aromatic rings. The van der Waals surface area contributed by atoms with E-state index in [9.17, 15) is 10.2 Å². The van der Waals surface area contributed by atoms with Gasteiger partial charge in [0.25, 0.3) is 0 Å². The fourth-order valence-electron chi connectivity index (χ4n) is 3.78. The van der Waals surface area contributed by atoms with Crippen molar-refractivity contribution in [3.8, 4) is 0 Å². The van der Waals surface area contributed by atoms with Crippen LogP contribution in [0.4, 0.5) is 0 Å². The van der Waals surface area contributed by atoms with Crippen LogP contribution in [0.2, 0.25) is 5.02 Å². The molecule has 1 aliphatic heterocycles. The molecule has 0 saturated carbocycles. The maximum absolute atomic E-state index is 10.1. The summed E-state index contributed by atoms with van der Waals surface area (Å²) in [7, 11) is 0. The van der Waals surface area contributed by atoms with E-state index in [0.717, 1.165) is 29.5 Å². The van der Waals surface area contributed by atoms with E-state index < -0.39 is 0 Å². The van der Waals surface area contributed by atoms with E-state index in [1.165, 1.54) is 15.3 Å². The molecule has 5 heteroatoms. The molecule has 0 spiro atoms. The van der Waals surface area contributed by atoms with Gasteiger partial charge in [-0.15, -0.1) is 11.3 Å². The van der Waals surface area contributed by atoms with Gasteiger partial charge in [-0.2, -0.15) is 0 Å². The smallest absolute Gasteiger partial charge is 0.0856 e. The van der Waals surface area contributed by atoms with Crippen molar-refractivity contribution in [2.75, 3.05) is 0 Å². The van der Waals surface area contributed by atoms with Gasteiger partial charge in [-0.25, -0.2) is 0 Å². The fourth-order valence-corrected chi connectivity index (χ4v) is 5.18. The van der Waals surface area contributed by atoms with Crippen LogP contribution in [0.25, 0.3) is 0 Å². The average Bonchev–Trinajstić information content (AvgIpc) is 2.94. The van der Waals surface area contributed by atoms with Gasteiger partial charge >= 0.3 is 0 Å². The summed E-state index contributed by atoms with van der Waals surface area (Å²) in [5.41, 5.74) is 4.10. The zero-order valence-electron chi connectivity index (χ0n) is 15.6. The standard InChI is InChI=1S/C21H27ClO3S/c1-4-21-12(2)5-17(26-21)7-14-8-18(15(11-23)9-19(14)22)20-10-16(24)6-13(3)25-20/h5,8-9,13,16,20,23-24H,4,6-7,10-11H2,1-3H3.